The lowest BCUT2D eigenvalue weighted by Crippen LogP contribution is -2.36. The summed E-state index contributed by atoms with van der Waals surface area (Å²) in [6.07, 6.45) is 2.44. The number of ether oxygens (including phenoxy) is 1. The fraction of sp³-hybridized carbons (Fsp3) is 0.265. The van der Waals surface area contributed by atoms with E-state index in [1.807, 2.05) is 54.6 Å². The van der Waals surface area contributed by atoms with Gasteiger partial charge in [-0.3, -0.25) is 0 Å². The van der Waals surface area contributed by atoms with Crippen molar-refractivity contribution in [1.82, 2.24) is 9.88 Å². The smallest absolute Gasteiger partial charge is 0.223 e. The van der Waals surface area contributed by atoms with Crippen molar-refractivity contribution in [2.75, 3.05) is 20.6 Å². The largest absolute Gasteiger partial charge is 0.438 e. The van der Waals surface area contributed by atoms with Crippen LogP contribution in [0.5, 0.6) is 11.6 Å². The second kappa shape index (κ2) is 10.4. The van der Waals surface area contributed by atoms with E-state index in [4.69, 9.17) is 9.72 Å². The zero-order valence-corrected chi connectivity index (χ0v) is 22.5. The number of benzene rings is 4. The van der Waals surface area contributed by atoms with Crippen LogP contribution in [0.25, 0.3) is 21.7 Å². The normalized spacial score (nSPS) is 18.5. The first kappa shape index (κ1) is 25.5. The summed E-state index contributed by atoms with van der Waals surface area (Å²) in [6.45, 7) is 0.920. The van der Waals surface area contributed by atoms with E-state index in [9.17, 15) is 10.2 Å². The molecule has 1 aliphatic heterocycles. The Hall–Kier alpha value is -3.77. The van der Waals surface area contributed by atoms with E-state index in [2.05, 4.69) is 55.4 Å². The number of hydrogen-bond donors (Lipinski definition) is 2. The molecule has 2 N–H and O–H groups in total. The van der Waals surface area contributed by atoms with Gasteiger partial charge in [0.1, 0.15) is 11.4 Å². The molecular weight excluding hydrogens is 484 g/mol. The Balaban J connectivity index is 1.63. The molecule has 0 saturated heterocycles. The van der Waals surface area contributed by atoms with E-state index in [1.165, 1.54) is 0 Å². The summed E-state index contributed by atoms with van der Waals surface area (Å²) in [5, 5.41) is 25.7. The van der Waals surface area contributed by atoms with Gasteiger partial charge in [0.25, 0.3) is 0 Å². The number of pyridine rings is 1. The molecule has 39 heavy (non-hydrogen) atoms. The molecule has 1 aliphatic rings. The second-order valence-electron chi connectivity index (χ2n) is 10.9. The first-order chi connectivity index (χ1) is 19.0. The van der Waals surface area contributed by atoms with Gasteiger partial charge in [0.15, 0.2) is 0 Å². The zero-order valence-electron chi connectivity index (χ0n) is 22.5. The molecule has 0 spiro atoms. The maximum absolute atomic E-state index is 13.0. The van der Waals surface area contributed by atoms with E-state index in [-0.39, 0.29) is 6.61 Å². The molecule has 0 fully saturated rings. The predicted octanol–water partition coefficient (Wildman–Crippen LogP) is 6.74. The number of fused-ring (bicyclic) bond motifs is 6. The number of aromatic nitrogens is 1. The van der Waals surface area contributed by atoms with Gasteiger partial charge >= 0.3 is 0 Å². The van der Waals surface area contributed by atoms with Crippen molar-refractivity contribution >= 4 is 21.7 Å². The van der Waals surface area contributed by atoms with Gasteiger partial charge in [-0.15, -0.1) is 0 Å². The Bertz CT molecular complexity index is 1630. The van der Waals surface area contributed by atoms with Crippen LogP contribution in [0.3, 0.4) is 0 Å². The number of hydrogen-bond acceptors (Lipinski definition) is 5. The monoisotopic (exact) mass is 518 g/mol. The van der Waals surface area contributed by atoms with Crippen molar-refractivity contribution in [3.8, 4) is 11.6 Å². The topological polar surface area (TPSA) is 65.8 Å². The molecule has 5 aromatic rings. The standard InChI is InChI=1S/C34H34N2O3/c1-36(2)17-9-8-16-34(38)27-19-25-12-6-7-13-28(25)31(21-27)39-33-29(32(34)24-10-4-3-5-11-24)20-26-18-23(22-37)14-15-30(26)35-33/h3-7,10-15,18-21,32,37-38H,8-9,16-17,22H2,1-2H3. The van der Waals surface area contributed by atoms with Crippen molar-refractivity contribution in [1.29, 1.82) is 0 Å². The molecule has 0 saturated carbocycles. The molecule has 5 heteroatoms. The Kier molecular flexibility index (Phi) is 6.81. The maximum atomic E-state index is 13.0. The minimum Gasteiger partial charge on any atom is -0.438 e. The summed E-state index contributed by atoms with van der Waals surface area (Å²) < 4.78 is 6.64. The van der Waals surface area contributed by atoms with Gasteiger partial charge in [0, 0.05) is 22.3 Å². The highest BCUT2D eigenvalue weighted by Crippen LogP contribution is 2.52. The van der Waals surface area contributed by atoms with Crippen LogP contribution < -0.4 is 4.74 Å². The molecule has 4 aromatic carbocycles. The van der Waals surface area contributed by atoms with Crippen LogP contribution >= 0.6 is 0 Å². The average Bonchev–Trinajstić information content (AvgIpc) is 2.95. The van der Waals surface area contributed by atoms with Crippen molar-refractivity contribution in [3.63, 3.8) is 0 Å². The van der Waals surface area contributed by atoms with Crippen LogP contribution in [0.15, 0.2) is 91.0 Å². The Morgan fingerprint density at radius 1 is 0.872 bits per heavy atom. The molecule has 0 radical (unpaired) electrons. The maximum Gasteiger partial charge on any atom is 0.223 e. The van der Waals surface area contributed by atoms with Crippen molar-refractivity contribution in [2.45, 2.75) is 37.4 Å². The molecule has 2 atom stereocenters. The number of aliphatic hydroxyl groups excluding tert-OH is 1. The lowest BCUT2D eigenvalue weighted by atomic mass is 9.70. The van der Waals surface area contributed by atoms with Gasteiger partial charge in [-0.2, -0.15) is 0 Å². The van der Waals surface area contributed by atoms with Crippen LogP contribution in [-0.4, -0.2) is 40.7 Å². The fourth-order valence-electron chi connectivity index (χ4n) is 5.96. The number of rotatable bonds is 7. The van der Waals surface area contributed by atoms with Gasteiger partial charge in [-0.25, -0.2) is 4.98 Å². The first-order valence-corrected chi connectivity index (χ1v) is 13.6. The lowest BCUT2D eigenvalue weighted by Gasteiger charge is -2.40. The summed E-state index contributed by atoms with van der Waals surface area (Å²) >= 11 is 0. The molecule has 1 aromatic heterocycles. The number of nitrogens with zero attached hydrogens (tertiary/aromatic N) is 2. The molecule has 2 heterocycles. The fourth-order valence-corrected chi connectivity index (χ4v) is 5.96. The molecular formula is C34H34N2O3. The zero-order chi connectivity index (χ0) is 27.0. The van der Waals surface area contributed by atoms with Crippen LogP contribution in [0.1, 0.15) is 47.4 Å². The Morgan fingerprint density at radius 2 is 1.67 bits per heavy atom. The van der Waals surface area contributed by atoms with Crippen molar-refractivity contribution in [3.05, 3.63) is 113 Å². The van der Waals surface area contributed by atoms with Crippen LogP contribution in [-0.2, 0) is 12.2 Å². The third-order valence-corrected chi connectivity index (χ3v) is 7.92. The summed E-state index contributed by atoms with van der Waals surface area (Å²) in [7, 11) is 4.16. The van der Waals surface area contributed by atoms with Gasteiger partial charge < -0.3 is 19.8 Å². The summed E-state index contributed by atoms with van der Waals surface area (Å²) in [6, 6.07) is 30.3. The predicted molar refractivity (Wildman–Crippen MR) is 156 cm³/mol. The van der Waals surface area contributed by atoms with E-state index in [0.29, 0.717) is 18.1 Å². The third-order valence-electron chi connectivity index (χ3n) is 7.92. The van der Waals surface area contributed by atoms with Crippen LogP contribution in [0.4, 0.5) is 0 Å². The van der Waals surface area contributed by atoms with Gasteiger partial charge in [0.05, 0.1) is 12.1 Å². The summed E-state index contributed by atoms with van der Waals surface area (Å²) in [5.74, 6) is 0.792. The first-order valence-electron chi connectivity index (χ1n) is 13.6. The van der Waals surface area contributed by atoms with E-state index in [0.717, 1.165) is 63.3 Å². The average molecular weight is 519 g/mol. The minimum atomic E-state index is -1.20. The molecule has 5 nitrogen and oxygen atoms in total. The van der Waals surface area contributed by atoms with Gasteiger partial charge in [-0.05, 0) is 92.3 Å². The third kappa shape index (κ3) is 4.78. The molecule has 2 unspecified atom stereocenters. The molecule has 198 valence electrons. The quantitative estimate of drug-likeness (QED) is 0.234. The van der Waals surface area contributed by atoms with Crippen LogP contribution in [0.2, 0.25) is 0 Å². The van der Waals surface area contributed by atoms with Crippen molar-refractivity contribution < 1.29 is 14.9 Å². The minimum absolute atomic E-state index is 0.0436. The Morgan fingerprint density at radius 3 is 2.46 bits per heavy atom. The molecule has 0 aliphatic carbocycles. The van der Waals surface area contributed by atoms with E-state index in [1.54, 1.807) is 0 Å². The number of aliphatic hydroxyl groups is 2. The van der Waals surface area contributed by atoms with Gasteiger partial charge in [0.2, 0.25) is 5.88 Å². The summed E-state index contributed by atoms with van der Waals surface area (Å²) in [4.78, 5) is 7.18. The van der Waals surface area contributed by atoms with Crippen molar-refractivity contribution in [2.24, 2.45) is 0 Å². The molecule has 6 rings (SSSR count). The number of unbranched alkanes of at least 4 members (excludes halogenated alkanes) is 1. The summed E-state index contributed by atoms with van der Waals surface area (Å²) in [5.41, 5.74) is 3.11. The highest BCUT2D eigenvalue weighted by molar-refractivity contribution is 5.90. The highest BCUT2D eigenvalue weighted by Gasteiger charge is 2.43. The Labute approximate surface area is 229 Å². The SMILES string of the molecule is CN(C)CCCCC1(O)c2cc(c3ccccc3c2)Oc2nc3ccc(CO)cc3cc2C1c1ccccc1. The molecule has 0 amide bonds. The molecule has 2 bridgehead atoms. The van der Waals surface area contributed by atoms with Crippen LogP contribution in [0, 0.1) is 0 Å². The van der Waals surface area contributed by atoms with E-state index < -0.39 is 11.5 Å². The lowest BCUT2D eigenvalue weighted by molar-refractivity contribution is 0.00610. The van der Waals surface area contributed by atoms with E-state index >= 15 is 0 Å². The second-order valence-corrected chi connectivity index (χ2v) is 10.9. The van der Waals surface area contributed by atoms with Gasteiger partial charge in [-0.1, -0.05) is 60.7 Å². The highest BCUT2D eigenvalue weighted by atomic mass is 16.5.